The Morgan fingerprint density at radius 3 is 3.25 bits per heavy atom. The lowest BCUT2D eigenvalue weighted by Crippen LogP contribution is -2.06. The molecule has 2 aromatic heterocycles. The van der Waals surface area contributed by atoms with E-state index in [9.17, 15) is 5.11 Å². The van der Waals surface area contributed by atoms with Crippen molar-refractivity contribution in [1.29, 1.82) is 0 Å². The third-order valence-electron chi connectivity index (χ3n) is 2.98. The van der Waals surface area contributed by atoms with Crippen LogP contribution in [0.15, 0.2) is 18.3 Å². The molecule has 3 heterocycles. The Bertz CT molecular complexity index is 505. The zero-order valence-electron chi connectivity index (χ0n) is 8.83. The minimum absolute atomic E-state index is 0.196. The van der Waals surface area contributed by atoms with Gasteiger partial charge in [-0.15, -0.1) is 10.2 Å². The fraction of sp³-hybridized carbons (Fsp3) is 0.455. The number of rotatable bonds is 2. The highest BCUT2D eigenvalue weighted by atomic mass is 32.2. The van der Waals surface area contributed by atoms with E-state index in [-0.39, 0.29) is 5.75 Å². The van der Waals surface area contributed by atoms with E-state index in [1.807, 2.05) is 28.4 Å². The van der Waals surface area contributed by atoms with Crippen LogP contribution < -0.4 is 0 Å². The third kappa shape index (κ3) is 1.65. The lowest BCUT2D eigenvalue weighted by atomic mass is 10.1. The first-order valence-electron chi connectivity index (χ1n) is 5.44. The second kappa shape index (κ2) is 3.97. The average molecular weight is 235 g/mol. The molecule has 0 aromatic carbocycles. The van der Waals surface area contributed by atoms with Crippen molar-refractivity contribution < 1.29 is 5.11 Å². The molecule has 0 saturated carbocycles. The Kier molecular flexibility index (Phi) is 2.47. The number of fused-ring (bicyclic) bond motifs is 1. The predicted octanol–water partition coefficient (Wildman–Crippen LogP) is 1.73. The summed E-state index contributed by atoms with van der Waals surface area (Å²) in [7, 11) is 0. The van der Waals surface area contributed by atoms with Crippen LogP contribution in [-0.2, 0) is 6.42 Å². The molecule has 16 heavy (non-hydrogen) atoms. The normalized spacial score (nSPS) is 20.6. The van der Waals surface area contributed by atoms with Gasteiger partial charge in [-0.3, -0.25) is 4.40 Å². The lowest BCUT2D eigenvalue weighted by molar-refractivity contribution is 0.477. The van der Waals surface area contributed by atoms with Gasteiger partial charge in [0.05, 0.1) is 0 Å². The fourth-order valence-electron chi connectivity index (χ4n) is 2.09. The molecule has 2 aromatic rings. The SMILES string of the molecule is Oc1cccn2c(CC3CCSC3)nnc12. The topological polar surface area (TPSA) is 50.4 Å². The van der Waals surface area contributed by atoms with Gasteiger partial charge in [0.1, 0.15) is 5.82 Å². The Balaban J connectivity index is 1.94. The van der Waals surface area contributed by atoms with Crippen molar-refractivity contribution in [3.05, 3.63) is 24.2 Å². The van der Waals surface area contributed by atoms with Gasteiger partial charge < -0.3 is 5.11 Å². The van der Waals surface area contributed by atoms with E-state index in [4.69, 9.17) is 0 Å². The number of aromatic nitrogens is 3. The average Bonchev–Trinajstić information content (AvgIpc) is 2.90. The van der Waals surface area contributed by atoms with E-state index < -0.39 is 0 Å². The van der Waals surface area contributed by atoms with Crippen molar-refractivity contribution in [2.75, 3.05) is 11.5 Å². The van der Waals surface area contributed by atoms with Crippen LogP contribution in [0.3, 0.4) is 0 Å². The van der Waals surface area contributed by atoms with E-state index in [1.54, 1.807) is 6.07 Å². The summed E-state index contributed by atoms with van der Waals surface area (Å²) in [5.41, 5.74) is 0.558. The maximum absolute atomic E-state index is 9.62. The van der Waals surface area contributed by atoms with Crippen LogP contribution in [0.25, 0.3) is 5.65 Å². The summed E-state index contributed by atoms with van der Waals surface area (Å²) in [6.07, 6.45) is 4.13. The molecule has 3 rings (SSSR count). The molecule has 0 spiro atoms. The van der Waals surface area contributed by atoms with Crippen LogP contribution in [0.4, 0.5) is 0 Å². The Hall–Kier alpha value is -1.23. The number of hydrogen-bond donors (Lipinski definition) is 1. The Labute approximate surface area is 97.7 Å². The first-order valence-corrected chi connectivity index (χ1v) is 6.59. The van der Waals surface area contributed by atoms with Crippen LogP contribution >= 0.6 is 11.8 Å². The first kappa shape index (κ1) is 9.96. The molecule has 1 unspecified atom stereocenters. The van der Waals surface area contributed by atoms with Gasteiger partial charge in [-0.1, -0.05) is 0 Å². The van der Waals surface area contributed by atoms with Crippen LogP contribution in [-0.4, -0.2) is 31.2 Å². The molecule has 1 aliphatic heterocycles. The van der Waals surface area contributed by atoms with Crippen molar-refractivity contribution >= 4 is 17.4 Å². The van der Waals surface area contributed by atoms with Gasteiger partial charge in [0.15, 0.2) is 5.75 Å². The van der Waals surface area contributed by atoms with Gasteiger partial charge in [-0.25, -0.2) is 0 Å². The van der Waals surface area contributed by atoms with Gasteiger partial charge >= 0.3 is 0 Å². The number of nitrogens with zero attached hydrogens (tertiary/aromatic N) is 3. The third-order valence-corrected chi connectivity index (χ3v) is 4.21. The number of thioether (sulfide) groups is 1. The minimum Gasteiger partial charge on any atom is -0.504 e. The van der Waals surface area contributed by atoms with E-state index >= 15 is 0 Å². The summed E-state index contributed by atoms with van der Waals surface area (Å²) in [6.45, 7) is 0. The first-order chi connectivity index (χ1) is 7.84. The van der Waals surface area contributed by atoms with E-state index in [2.05, 4.69) is 10.2 Å². The summed E-state index contributed by atoms with van der Waals surface area (Å²) in [6, 6.07) is 3.46. The van der Waals surface area contributed by atoms with Crippen molar-refractivity contribution in [3.8, 4) is 5.75 Å². The van der Waals surface area contributed by atoms with Crippen molar-refractivity contribution in [2.24, 2.45) is 5.92 Å². The zero-order valence-corrected chi connectivity index (χ0v) is 9.65. The molecule has 0 aliphatic carbocycles. The van der Waals surface area contributed by atoms with Crippen molar-refractivity contribution in [3.63, 3.8) is 0 Å². The van der Waals surface area contributed by atoms with Crippen molar-refractivity contribution in [2.45, 2.75) is 12.8 Å². The molecular formula is C11H13N3OS. The second-order valence-corrected chi connectivity index (χ2v) is 5.29. The summed E-state index contributed by atoms with van der Waals surface area (Å²) < 4.78 is 1.89. The predicted molar refractivity (Wildman–Crippen MR) is 63.8 cm³/mol. The largest absolute Gasteiger partial charge is 0.504 e. The maximum Gasteiger partial charge on any atom is 0.203 e. The van der Waals surface area contributed by atoms with Crippen molar-refractivity contribution in [1.82, 2.24) is 14.6 Å². The summed E-state index contributed by atoms with van der Waals surface area (Å²) in [5, 5.41) is 17.8. The van der Waals surface area contributed by atoms with Gasteiger partial charge in [0, 0.05) is 12.6 Å². The van der Waals surface area contributed by atoms with Gasteiger partial charge in [0.2, 0.25) is 5.65 Å². The van der Waals surface area contributed by atoms with Crippen LogP contribution in [0.1, 0.15) is 12.2 Å². The molecule has 1 fully saturated rings. The van der Waals surface area contributed by atoms with Gasteiger partial charge in [-0.05, 0) is 36.0 Å². The molecule has 0 amide bonds. The molecule has 1 aliphatic rings. The molecule has 1 saturated heterocycles. The highest BCUT2D eigenvalue weighted by molar-refractivity contribution is 7.99. The summed E-state index contributed by atoms with van der Waals surface area (Å²) >= 11 is 2.01. The molecule has 5 heteroatoms. The van der Waals surface area contributed by atoms with E-state index in [1.165, 1.54) is 17.9 Å². The van der Waals surface area contributed by atoms with Gasteiger partial charge in [-0.2, -0.15) is 11.8 Å². The monoisotopic (exact) mass is 235 g/mol. The standard InChI is InChI=1S/C11H13N3OS/c15-9-2-1-4-14-10(12-13-11(9)14)6-8-3-5-16-7-8/h1-2,4,8,15H,3,5-7H2. The Morgan fingerprint density at radius 1 is 1.50 bits per heavy atom. The molecule has 4 nitrogen and oxygen atoms in total. The highest BCUT2D eigenvalue weighted by Gasteiger charge is 2.19. The minimum atomic E-state index is 0.196. The quantitative estimate of drug-likeness (QED) is 0.861. The second-order valence-electron chi connectivity index (χ2n) is 4.14. The summed E-state index contributed by atoms with van der Waals surface area (Å²) in [4.78, 5) is 0. The van der Waals surface area contributed by atoms with E-state index in [0.717, 1.165) is 12.2 Å². The molecule has 0 bridgehead atoms. The maximum atomic E-state index is 9.62. The summed E-state index contributed by atoms with van der Waals surface area (Å²) in [5.74, 6) is 4.33. The Morgan fingerprint density at radius 2 is 2.44 bits per heavy atom. The van der Waals surface area contributed by atoms with E-state index in [0.29, 0.717) is 11.6 Å². The molecular weight excluding hydrogens is 222 g/mol. The smallest absolute Gasteiger partial charge is 0.203 e. The molecule has 84 valence electrons. The van der Waals surface area contributed by atoms with Gasteiger partial charge in [0.25, 0.3) is 0 Å². The number of pyridine rings is 1. The number of aromatic hydroxyl groups is 1. The van der Waals surface area contributed by atoms with Crippen LogP contribution in [0, 0.1) is 5.92 Å². The highest BCUT2D eigenvalue weighted by Crippen LogP contribution is 2.26. The molecule has 1 N–H and O–H groups in total. The number of hydrogen-bond acceptors (Lipinski definition) is 4. The molecule has 0 radical (unpaired) electrons. The zero-order chi connectivity index (χ0) is 11.0. The van der Waals surface area contributed by atoms with Crippen LogP contribution in [0.2, 0.25) is 0 Å². The lowest BCUT2D eigenvalue weighted by Gasteiger charge is -2.05. The van der Waals surface area contributed by atoms with Crippen LogP contribution in [0.5, 0.6) is 5.75 Å². The molecule has 1 atom stereocenters. The fourth-order valence-corrected chi connectivity index (χ4v) is 3.38.